The Morgan fingerprint density at radius 3 is 2.94 bits per heavy atom. The van der Waals surface area contributed by atoms with Crippen LogP contribution in [-0.4, -0.2) is 17.1 Å². The van der Waals surface area contributed by atoms with Gasteiger partial charge in [-0.15, -0.1) is 0 Å². The average Bonchev–Trinajstić information content (AvgIpc) is 2.37. The minimum absolute atomic E-state index is 0.452. The number of ether oxygens (including phenoxy) is 1. The molecular weight excluding hydrogens is 216 g/mol. The van der Waals surface area contributed by atoms with Gasteiger partial charge in [-0.05, 0) is 17.7 Å². The fraction of sp³-hybridized carbons (Fsp3) is 0.167. The Morgan fingerprint density at radius 2 is 2.18 bits per heavy atom. The van der Waals surface area contributed by atoms with E-state index in [1.807, 2.05) is 24.3 Å². The number of rotatable bonds is 4. The molecule has 0 saturated heterocycles. The molecule has 0 amide bonds. The number of methoxy groups -OCH3 is 1. The van der Waals surface area contributed by atoms with Crippen molar-refractivity contribution in [1.29, 1.82) is 0 Å². The SMILES string of the molecule is COc1cccc(CNc2cc(N)ncn2)c1. The second-order valence-electron chi connectivity index (χ2n) is 3.53. The van der Waals surface area contributed by atoms with Crippen LogP contribution in [0.1, 0.15) is 5.56 Å². The molecular formula is C12H14N4O. The van der Waals surface area contributed by atoms with Crippen molar-refractivity contribution in [2.24, 2.45) is 0 Å². The molecule has 0 atom stereocenters. The van der Waals surface area contributed by atoms with Gasteiger partial charge in [0.2, 0.25) is 0 Å². The van der Waals surface area contributed by atoms with E-state index in [1.165, 1.54) is 6.33 Å². The topological polar surface area (TPSA) is 73.1 Å². The van der Waals surface area contributed by atoms with Crippen molar-refractivity contribution in [3.8, 4) is 5.75 Å². The van der Waals surface area contributed by atoms with E-state index in [2.05, 4.69) is 15.3 Å². The molecule has 0 aliphatic carbocycles. The molecule has 3 N–H and O–H groups in total. The van der Waals surface area contributed by atoms with Gasteiger partial charge in [-0.25, -0.2) is 9.97 Å². The van der Waals surface area contributed by atoms with Gasteiger partial charge < -0.3 is 15.8 Å². The monoisotopic (exact) mass is 230 g/mol. The first-order valence-electron chi connectivity index (χ1n) is 5.22. The van der Waals surface area contributed by atoms with Gasteiger partial charge in [0.1, 0.15) is 23.7 Å². The van der Waals surface area contributed by atoms with E-state index in [1.54, 1.807) is 13.2 Å². The number of nitrogens with two attached hydrogens (primary N) is 1. The molecule has 5 heteroatoms. The highest BCUT2D eigenvalue weighted by molar-refractivity contribution is 5.44. The van der Waals surface area contributed by atoms with Crippen LogP contribution in [0.4, 0.5) is 11.6 Å². The Labute approximate surface area is 99.7 Å². The zero-order valence-electron chi connectivity index (χ0n) is 9.55. The molecule has 1 aromatic heterocycles. The molecule has 0 bridgehead atoms. The summed E-state index contributed by atoms with van der Waals surface area (Å²) in [6.45, 7) is 0.660. The van der Waals surface area contributed by atoms with Crippen LogP contribution in [0.15, 0.2) is 36.7 Å². The number of nitrogen functional groups attached to an aromatic ring is 1. The van der Waals surface area contributed by atoms with E-state index in [4.69, 9.17) is 10.5 Å². The second-order valence-corrected chi connectivity index (χ2v) is 3.53. The van der Waals surface area contributed by atoms with Crippen molar-refractivity contribution < 1.29 is 4.74 Å². The number of nitrogens with zero attached hydrogens (tertiary/aromatic N) is 2. The van der Waals surface area contributed by atoms with Crippen LogP contribution in [-0.2, 0) is 6.54 Å². The number of benzene rings is 1. The van der Waals surface area contributed by atoms with E-state index in [0.717, 1.165) is 11.3 Å². The molecule has 0 spiro atoms. The van der Waals surface area contributed by atoms with E-state index in [9.17, 15) is 0 Å². The average molecular weight is 230 g/mol. The first-order valence-corrected chi connectivity index (χ1v) is 5.22. The van der Waals surface area contributed by atoms with Crippen molar-refractivity contribution >= 4 is 11.6 Å². The molecule has 0 saturated carbocycles. The lowest BCUT2D eigenvalue weighted by Crippen LogP contribution is -2.03. The van der Waals surface area contributed by atoms with Gasteiger partial charge >= 0.3 is 0 Å². The van der Waals surface area contributed by atoms with Crippen molar-refractivity contribution in [1.82, 2.24) is 9.97 Å². The Hall–Kier alpha value is -2.30. The van der Waals surface area contributed by atoms with Gasteiger partial charge in [-0.2, -0.15) is 0 Å². The Balaban J connectivity index is 2.02. The molecule has 1 heterocycles. The summed E-state index contributed by atoms with van der Waals surface area (Å²) in [7, 11) is 1.65. The molecule has 2 aromatic rings. The predicted octanol–water partition coefficient (Wildman–Crippen LogP) is 1.68. The summed E-state index contributed by atoms with van der Waals surface area (Å²) >= 11 is 0. The molecule has 0 aliphatic rings. The molecule has 0 fully saturated rings. The van der Waals surface area contributed by atoms with E-state index in [-0.39, 0.29) is 0 Å². The lowest BCUT2D eigenvalue weighted by molar-refractivity contribution is 0.414. The third-order valence-electron chi connectivity index (χ3n) is 2.30. The zero-order chi connectivity index (χ0) is 12.1. The Kier molecular flexibility index (Phi) is 3.40. The highest BCUT2D eigenvalue weighted by atomic mass is 16.5. The van der Waals surface area contributed by atoms with Crippen molar-refractivity contribution in [2.45, 2.75) is 6.54 Å². The van der Waals surface area contributed by atoms with Crippen LogP contribution >= 0.6 is 0 Å². The predicted molar refractivity (Wildman–Crippen MR) is 66.8 cm³/mol. The van der Waals surface area contributed by atoms with E-state index >= 15 is 0 Å². The number of anilines is 2. The van der Waals surface area contributed by atoms with Crippen LogP contribution in [0.3, 0.4) is 0 Å². The van der Waals surface area contributed by atoms with Gasteiger partial charge in [-0.3, -0.25) is 0 Å². The van der Waals surface area contributed by atoms with E-state index in [0.29, 0.717) is 18.2 Å². The summed E-state index contributed by atoms with van der Waals surface area (Å²) in [5, 5.41) is 3.17. The van der Waals surface area contributed by atoms with Crippen molar-refractivity contribution in [3.05, 3.63) is 42.2 Å². The normalized spacial score (nSPS) is 9.94. The van der Waals surface area contributed by atoms with Crippen LogP contribution < -0.4 is 15.8 Å². The smallest absolute Gasteiger partial charge is 0.131 e. The largest absolute Gasteiger partial charge is 0.497 e. The molecule has 5 nitrogen and oxygen atoms in total. The maximum absolute atomic E-state index is 5.56. The quantitative estimate of drug-likeness (QED) is 0.836. The van der Waals surface area contributed by atoms with Gasteiger partial charge in [0, 0.05) is 12.6 Å². The minimum Gasteiger partial charge on any atom is -0.497 e. The Bertz CT molecular complexity index is 501. The molecule has 1 aromatic carbocycles. The summed E-state index contributed by atoms with van der Waals surface area (Å²) in [6, 6.07) is 9.54. The number of hydrogen-bond acceptors (Lipinski definition) is 5. The van der Waals surface area contributed by atoms with Crippen molar-refractivity contribution in [2.75, 3.05) is 18.2 Å². The summed E-state index contributed by atoms with van der Waals surface area (Å²) in [4.78, 5) is 7.89. The molecule has 17 heavy (non-hydrogen) atoms. The summed E-state index contributed by atoms with van der Waals surface area (Å²) in [5.41, 5.74) is 6.67. The van der Waals surface area contributed by atoms with Gasteiger partial charge in [-0.1, -0.05) is 12.1 Å². The number of hydrogen-bond donors (Lipinski definition) is 2. The first-order chi connectivity index (χ1) is 8.28. The fourth-order valence-electron chi connectivity index (χ4n) is 1.44. The summed E-state index contributed by atoms with van der Waals surface area (Å²) in [6.07, 6.45) is 1.43. The molecule has 0 unspecified atom stereocenters. The van der Waals surface area contributed by atoms with Crippen molar-refractivity contribution in [3.63, 3.8) is 0 Å². The summed E-state index contributed by atoms with van der Waals surface area (Å²) < 4.78 is 5.15. The number of aromatic nitrogens is 2. The third-order valence-corrected chi connectivity index (χ3v) is 2.30. The molecule has 0 radical (unpaired) electrons. The minimum atomic E-state index is 0.452. The maximum Gasteiger partial charge on any atom is 0.131 e. The van der Waals surface area contributed by atoms with E-state index < -0.39 is 0 Å². The van der Waals surface area contributed by atoms with Crippen LogP contribution in [0.5, 0.6) is 5.75 Å². The molecule has 2 rings (SSSR count). The number of nitrogens with one attached hydrogen (secondary N) is 1. The van der Waals surface area contributed by atoms with Crippen LogP contribution in [0.25, 0.3) is 0 Å². The van der Waals surface area contributed by atoms with Gasteiger partial charge in [0.25, 0.3) is 0 Å². The second kappa shape index (κ2) is 5.16. The highest BCUT2D eigenvalue weighted by Gasteiger charge is 1.98. The van der Waals surface area contributed by atoms with Crippen LogP contribution in [0.2, 0.25) is 0 Å². The molecule has 0 aliphatic heterocycles. The molecule has 88 valence electrons. The first kappa shape index (κ1) is 11.2. The fourth-order valence-corrected chi connectivity index (χ4v) is 1.44. The highest BCUT2D eigenvalue weighted by Crippen LogP contribution is 2.14. The van der Waals surface area contributed by atoms with Gasteiger partial charge in [0.15, 0.2) is 0 Å². The lowest BCUT2D eigenvalue weighted by Gasteiger charge is -2.07. The standard InChI is InChI=1S/C12H14N4O/c1-17-10-4-2-3-9(5-10)7-14-12-6-11(13)15-8-16-12/h2-6,8H,7H2,1H3,(H3,13,14,15,16). The third kappa shape index (κ3) is 3.07. The maximum atomic E-state index is 5.56. The zero-order valence-corrected chi connectivity index (χ0v) is 9.55. The Morgan fingerprint density at radius 1 is 1.29 bits per heavy atom. The lowest BCUT2D eigenvalue weighted by atomic mass is 10.2. The summed E-state index contributed by atoms with van der Waals surface area (Å²) in [5.74, 6) is 2.00. The van der Waals surface area contributed by atoms with Crippen LogP contribution in [0, 0.1) is 0 Å². The van der Waals surface area contributed by atoms with Gasteiger partial charge in [0.05, 0.1) is 7.11 Å².